The van der Waals surface area contributed by atoms with Gasteiger partial charge in [0, 0.05) is 5.56 Å². The van der Waals surface area contributed by atoms with Crippen LogP contribution in [0.2, 0.25) is 0 Å². The van der Waals surface area contributed by atoms with Gasteiger partial charge in [0.05, 0.1) is 6.54 Å². The average Bonchev–Trinajstić information content (AvgIpc) is 3.00. The van der Waals surface area contributed by atoms with Crippen LogP contribution in [0, 0.1) is 13.8 Å². The summed E-state index contributed by atoms with van der Waals surface area (Å²) in [5.74, 6) is 1.54. The highest BCUT2D eigenvalue weighted by molar-refractivity contribution is 5.52. The Morgan fingerprint density at radius 2 is 1.86 bits per heavy atom. The highest BCUT2D eigenvalue weighted by atomic mass is 16.5. The van der Waals surface area contributed by atoms with E-state index in [9.17, 15) is 0 Å². The molecule has 0 fully saturated rings. The minimum Gasteiger partial charge on any atom is -0.491 e. The molecular weight excluding hydrogens is 276 g/mol. The molecule has 1 heterocycles. The van der Waals surface area contributed by atoms with Crippen molar-refractivity contribution in [3.05, 3.63) is 59.7 Å². The molecule has 0 aliphatic rings. The Balaban J connectivity index is 1.61. The number of benzene rings is 2. The summed E-state index contributed by atoms with van der Waals surface area (Å²) in [6.07, 6.45) is 0. The molecule has 0 spiro atoms. The Bertz CT molecular complexity index is 752. The van der Waals surface area contributed by atoms with Gasteiger partial charge in [-0.15, -0.1) is 10.2 Å². The van der Waals surface area contributed by atoms with E-state index < -0.39 is 0 Å². The van der Waals surface area contributed by atoms with Crippen LogP contribution in [0.4, 0.5) is 0 Å². The number of aryl methyl sites for hydroxylation is 2. The maximum absolute atomic E-state index is 5.81. The molecule has 5 heteroatoms. The van der Waals surface area contributed by atoms with E-state index >= 15 is 0 Å². The summed E-state index contributed by atoms with van der Waals surface area (Å²) in [5.41, 5.74) is 3.28. The number of ether oxygens (including phenoxy) is 1. The molecule has 0 radical (unpaired) electrons. The summed E-state index contributed by atoms with van der Waals surface area (Å²) < 4.78 is 5.81. The first-order valence-corrected chi connectivity index (χ1v) is 7.25. The SMILES string of the molecule is Cc1ccc(C)c(OCCn2nnc(-c3ccccc3)n2)c1. The lowest BCUT2D eigenvalue weighted by atomic mass is 10.1. The topological polar surface area (TPSA) is 52.8 Å². The first-order chi connectivity index (χ1) is 10.7. The molecule has 0 bridgehead atoms. The Kier molecular flexibility index (Phi) is 4.14. The van der Waals surface area contributed by atoms with Crippen LogP contribution in [0.15, 0.2) is 48.5 Å². The molecular formula is C17H18N4O. The van der Waals surface area contributed by atoms with E-state index in [1.807, 2.05) is 43.3 Å². The molecule has 0 aliphatic heterocycles. The molecule has 22 heavy (non-hydrogen) atoms. The van der Waals surface area contributed by atoms with Crippen molar-refractivity contribution in [3.63, 3.8) is 0 Å². The second kappa shape index (κ2) is 6.39. The third-order valence-electron chi connectivity index (χ3n) is 3.38. The van der Waals surface area contributed by atoms with Crippen LogP contribution in [0.1, 0.15) is 11.1 Å². The zero-order valence-electron chi connectivity index (χ0n) is 12.7. The molecule has 5 nitrogen and oxygen atoms in total. The molecule has 0 N–H and O–H groups in total. The number of nitrogens with zero attached hydrogens (tertiary/aromatic N) is 4. The van der Waals surface area contributed by atoms with E-state index in [1.165, 1.54) is 5.56 Å². The zero-order chi connectivity index (χ0) is 15.4. The first-order valence-electron chi connectivity index (χ1n) is 7.25. The number of hydrogen-bond acceptors (Lipinski definition) is 4. The Morgan fingerprint density at radius 1 is 1.05 bits per heavy atom. The molecule has 0 atom stereocenters. The van der Waals surface area contributed by atoms with Gasteiger partial charge in [-0.3, -0.25) is 0 Å². The van der Waals surface area contributed by atoms with E-state index in [0.717, 1.165) is 16.9 Å². The van der Waals surface area contributed by atoms with Crippen molar-refractivity contribution >= 4 is 0 Å². The fraction of sp³-hybridized carbons (Fsp3) is 0.235. The summed E-state index contributed by atoms with van der Waals surface area (Å²) in [7, 11) is 0. The summed E-state index contributed by atoms with van der Waals surface area (Å²) in [4.78, 5) is 1.56. The van der Waals surface area contributed by atoms with Crippen molar-refractivity contribution in [1.29, 1.82) is 0 Å². The van der Waals surface area contributed by atoms with Gasteiger partial charge in [-0.05, 0) is 36.3 Å². The van der Waals surface area contributed by atoms with Crippen LogP contribution in [0.5, 0.6) is 5.75 Å². The molecule has 0 amide bonds. The molecule has 0 unspecified atom stereocenters. The van der Waals surface area contributed by atoms with Gasteiger partial charge in [-0.2, -0.15) is 4.80 Å². The summed E-state index contributed by atoms with van der Waals surface area (Å²) >= 11 is 0. The first kappa shape index (κ1) is 14.3. The second-order valence-corrected chi connectivity index (χ2v) is 5.19. The van der Waals surface area contributed by atoms with Crippen molar-refractivity contribution < 1.29 is 4.74 Å². The van der Waals surface area contributed by atoms with Crippen molar-refractivity contribution in [2.24, 2.45) is 0 Å². The molecule has 0 saturated heterocycles. The third kappa shape index (κ3) is 3.31. The van der Waals surface area contributed by atoms with Crippen LogP contribution in [0.3, 0.4) is 0 Å². The number of aromatic nitrogens is 4. The van der Waals surface area contributed by atoms with Crippen LogP contribution >= 0.6 is 0 Å². The van der Waals surface area contributed by atoms with Gasteiger partial charge < -0.3 is 4.74 Å². The molecule has 3 rings (SSSR count). The lowest BCUT2D eigenvalue weighted by Gasteiger charge is -2.09. The zero-order valence-corrected chi connectivity index (χ0v) is 12.7. The van der Waals surface area contributed by atoms with E-state index in [4.69, 9.17) is 4.74 Å². The van der Waals surface area contributed by atoms with Crippen LogP contribution < -0.4 is 4.74 Å². The van der Waals surface area contributed by atoms with Gasteiger partial charge in [0.1, 0.15) is 12.4 Å². The molecule has 0 aliphatic carbocycles. The van der Waals surface area contributed by atoms with Crippen molar-refractivity contribution in [2.45, 2.75) is 20.4 Å². The number of rotatable bonds is 5. The van der Waals surface area contributed by atoms with Gasteiger partial charge in [-0.25, -0.2) is 0 Å². The summed E-state index contributed by atoms with van der Waals surface area (Å²) in [5, 5.41) is 12.5. The maximum atomic E-state index is 5.81. The van der Waals surface area contributed by atoms with Gasteiger partial charge in [0.15, 0.2) is 0 Å². The van der Waals surface area contributed by atoms with E-state index in [1.54, 1.807) is 4.80 Å². The quantitative estimate of drug-likeness (QED) is 0.726. The minimum absolute atomic E-state index is 0.509. The summed E-state index contributed by atoms with van der Waals surface area (Å²) in [6.45, 7) is 5.16. The number of tetrazole rings is 1. The fourth-order valence-corrected chi connectivity index (χ4v) is 2.14. The monoisotopic (exact) mass is 294 g/mol. The predicted octanol–water partition coefficient (Wildman–Crippen LogP) is 3.04. The molecule has 112 valence electrons. The van der Waals surface area contributed by atoms with E-state index in [-0.39, 0.29) is 0 Å². The normalized spacial score (nSPS) is 10.6. The van der Waals surface area contributed by atoms with Crippen LogP contribution in [0.25, 0.3) is 11.4 Å². The second-order valence-electron chi connectivity index (χ2n) is 5.19. The minimum atomic E-state index is 0.509. The lowest BCUT2D eigenvalue weighted by Crippen LogP contribution is -2.11. The van der Waals surface area contributed by atoms with Crippen molar-refractivity contribution in [3.8, 4) is 17.1 Å². The predicted molar refractivity (Wildman–Crippen MR) is 84.7 cm³/mol. The largest absolute Gasteiger partial charge is 0.491 e. The molecule has 0 saturated carbocycles. The highest BCUT2D eigenvalue weighted by Gasteiger charge is 2.05. The molecule has 3 aromatic rings. The Labute approximate surface area is 129 Å². The fourth-order valence-electron chi connectivity index (χ4n) is 2.14. The standard InChI is InChI=1S/C17H18N4O/c1-13-8-9-14(2)16(12-13)22-11-10-21-19-17(18-20-21)15-6-4-3-5-7-15/h3-9,12H,10-11H2,1-2H3. The Morgan fingerprint density at radius 3 is 2.68 bits per heavy atom. The highest BCUT2D eigenvalue weighted by Crippen LogP contribution is 2.19. The molecule has 2 aromatic carbocycles. The smallest absolute Gasteiger partial charge is 0.204 e. The van der Waals surface area contributed by atoms with Gasteiger partial charge in [0.2, 0.25) is 5.82 Å². The Hall–Kier alpha value is -2.69. The molecule has 1 aromatic heterocycles. The van der Waals surface area contributed by atoms with Gasteiger partial charge in [0.25, 0.3) is 0 Å². The van der Waals surface area contributed by atoms with Crippen LogP contribution in [-0.4, -0.2) is 26.8 Å². The van der Waals surface area contributed by atoms with Gasteiger partial charge in [-0.1, -0.05) is 42.5 Å². The summed E-state index contributed by atoms with van der Waals surface area (Å²) in [6, 6.07) is 16.0. The maximum Gasteiger partial charge on any atom is 0.204 e. The van der Waals surface area contributed by atoms with Gasteiger partial charge >= 0.3 is 0 Å². The van der Waals surface area contributed by atoms with Crippen molar-refractivity contribution in [2.75, 3.05) is 6.61 Å². The van der Waals surface area contributed by atoms with Crippen molar-refractivity contribution in [1.82, 2.24) is 20.2 Å². The average molecular weight is 294 g/mol. The lowest BCUT2D eigenvalue weighted by molar-refractivity contribution is 0.278. The number of hydrogen-bond donors (Lipinski definition) is 0. The van der Waals surface area contributed by atoms with E-state index in [0.29, 0.717) is 19.0 Å². The van der Waals surface area contributed by atoms with E-state index in [2.05, 4.69) is 34.5 Å². The third-order valence-corrected chi connectivity index (χ3v) is 3.38. The van der Waals surface area contributed by atoms with Crippen LogP contribution in [-0.2, 0) is 6.54 Å².